The quantitative estimate of drug-likeness (QED) is 0.705. The van der Waals surface area contributed by atoms with Crippen molar-refractivity contribution in [2.75, 3.05) is 0 Å². The molecule has 0 amide bonds. The fraction of sp³-hybridized carbons (Fsp3) is 0.727. The molecular formula is C11H18O6. The molecule has 0 saturated carbocycles. The minimum atomic E-state index is -1.31. The molecule has 6 nitrogen and oxygen atoms in total. The highest BCUT2D eigenvalue weighted by Crippen LogP contribution is 2.20. The summed E-state index contributed by atoms with van der Waals surface area (Å²) in [4.78, 5) is 33.0. The monoisotopic (exact) mass is 246 g/mol. The van der Waals surface area contributed by atoms with E-state index in [1.807, 2.05) is 0 Å². The van der Waals surface area contributed by atoms with Crippen molar-refractivity contribution in [2.24, 2.45) is 11.8 Å². The van der Waals surface area contributed by atoms with Gasteiger partial charge in [-0.3, -0.25) is 14.4 Å². The van der Waals surface area contributed by atoms with E-state index in [0.717, 1.165) is 0 Å². The Balaban J connectivity index is 4.72. The van der Waals surface area contributed by atoms with Gasteiger partial charge in [0.25, 0.3) is 0 Å². The zero-order valence-electron chi connectivity index (χ0n) is 10.4. The molecule has 6 heteroatoms. The van der Waals surface area contributed by atoms with Crippen LogP contribution >= 0.6 is 0 Å². The van der Waals surface area contributed by atoms with Crippen LogP contribution in [0.4, 0.5) is 0 Å². The molecule has 17 heavy (non-hydrogen) atoms. The molecule has 0 spiro atoms. The Hall–Kier alpha value is -1.59. The second-order valence-corrected chi connectivity index (χ2v) is 4.86. The molecule has 2 unspecified atom stereocenters. The van der Waals surface area contributed by atoms with Crippen molar-refractivity contribution in [1.82, 2.24) is 0 Å². The van der Waals surface area contributed by atoms with Crippen molar-refractivity contribution in [3.05, 3.63) is 0 Å². The zero-order chi connectivity index (χ0) is 13.8. The van der Waals surface area contributed by atoms with Gasteiger partial charge in [0.1, 0.15) is 5.60 Å². The number of carbonyl (C=O) groups is 3. The molecule has 2 N–H and O–H groups in total. The van der Waals surface area contributed by atoms with Crippen molar-refractivity contribution < 1.29 is 29.3 Å². The van der Waals surface area contributed by atoms with Crippen LogP contribution < -0.4 is 0 Å². The lowest BCUT2D eigenvalue weighted by Crippen LogP contribution is -2.35. The maximum Gasteiger partial charge on any atom is 0.310 e. The summed E-state index contributed by atoms with van der Waals surface area (Å²) >= 11 is 0. The van der Waals surface area contributed by atoms with Crippen molar-refractivity contribution >= 4 is 17.9 Å². The Morgan fingerprint density at radius 2 is 1.65 bits per heavy atom. The van der Waals surface area contributed by atoms with Gasteiger partial charge in [0.05, 0.1) is 18.3 Å². The average Bonchev–Trinajstić information content (AvgIpc) is 2.09. The molecule has 0 aromatic rings. The van der Waals surface area contributed by atoms with Crippen LogP contribution in [0.5, 0.6) is 0 Å². The molecule has 0 rings (SSSR count). The Labute approximate surface area is 99.6 Å². The maximum absolute atomic E-state index is 11.6. The first kappa shape index (κ1) is 15.4. The van der Waals surface area contributed by atoms with Crippen LogP contribution in [0.15, 0.2) is 0 Å². The number of ether oxygens (including phenoxy) is 1. The van der Waals surface area contributed by atoms with Crippen LogP contribution in [0.1, 0.15) is 34.1 Å². The summed E-state index contributed by atoms with van der Waals surface area (Å²) in [5, 5.41) is 17.4. The van der Waals surface area contributed by atoms with Crippen molar-refractivity contribution in [3.63, 3.8) is 0 Å². The zero-order valence-corrected chi connectivity index (χ0v) is 10.4. The Morgan fingerprint density at radius 3 is 1.94 bits per heavy atom. The molecule has 0 aliphatic rings. The van der Waals surface area contributed by atoms with Gasteiger partial charge in [-0.25, -0.2) is 0 Å². The largest absolute Gasteiger partial charge is 0.481 e. The Kier molecular flexibility index (Phi) is 5.12. The average molecular weight is 246 g/mol. The molecule has 0 aromatic heterocycles. The lowest BCUT2D eigenvalue weighted by atomic mass is 9.91. The highest BCUT2D eigenvalue weighted by atomic mass is 16.6. The van der Waals surface area contributed by atoms with Crippen LogP contribution in [0, 0.1) is 11.8 Å². The lowest BCUT2D eigenvalue weighted by Gasteiger charge is -2.24. The van der Waals surface area contributed by atoms with E-state index in [1.54, 1.807) is 20.8 Å². The SMILES string of the molecule is CC(C(=O)OC(C)(C)C)C(CC(=O)O)C(=O)O. The molecule has 0 saturated heterocycles. The van der Waals surface area contributed by atoms with Gasteiger partial charge < -0.3 is 14.9 Å². The lowest BCUT2D eigenvalue weighted by molar-refractivity contribution is -0.167. The number of carbonyl (C=O) groups excluding carboxylic acids is 1. The van der Waals surface area contributed by atoms with Crippen molar-refractivity contribution in [3.8, 4) is 0 Å². The summed E-state index contributed by atoms with van der Waals surface area (Å²) < 4.78 is 5.02. The van der Waals surface area contributed by atoms with Crippen LogP contribution in [-0.4, -0.2) is 33.7 Å². The molecule has 0 aliphatic heterocycles. The third kappa shape index (κ3) is 5.89. The third-order valence-electron chi connectivity index (χ3n) is 2.09. The van der Waals surface area contributed by atoms with E-state index in [2.05, 4.69) is 0 Å². The van der Waals surface area contributed by atoms with Gasteiger partial charge in [0, 0.05) is 0 Å². The van der Waals surface area contributed by atoms with Crippen LogP contribution in [-0.2, 0) is 19.1 Å². The van der Waals surface area contributed by atoms with Crippen molar-refractivity contribution in [2.45, 2.75) is 39.7 Å². The fourth-order valence-electron chi connectivity index (χ4n) is 1.23. The number of aliphatic carboxylic acids is 2. The van der Waals surface area contributed by atoms with Crippen LogP contribution in [0.3, 0.4) is 0 Å². The maximum atomic E-state index is 11.6. The second kappa shape index (κ2) is 5.65. The summed E-state index contributed by atoms with van der Waals surface area (Å²) in [5.74, 6) is -5.55. The summed E-state index contributed by atoms with van der Waals surface area (Å²) in [6.07, 6.45) is -0.601. The van der Waals surface area contributed by atoms with E-state index < -0.39 is 41.8 Å². The minimum Gasteiger partial charge on any atom is -0.481 e. The summed E-state index contributed by atoms with van der Waals surface area (Å²) in [5.41, 5.74) is -0.725. The minimum absolute atomic E-state index is 0.601. The van der Waals surface area contributed by atoms with E-state index >= 15 is 0 Å². The molecule has 98 valence electrons. The van der Waals surface area contributed by atoms with Crippen molar-refractivity contribution in [1.29, 1.82) is 0 Å². The van der Waals surface area contributed by atoms with Gasteiger partial charge in [-0.2, -0.15) is 0 Å². The standard InChI is InChI=1S/C11H18O6/c1-6(10(16)17-11(2,3)4)7(9(14)15)5-8(12)13/h6-7H,5H2,1-4H3,(H,12,13)(H,14,15). The number of esters is 1. The van der Waals surface area contributed by atoms with Crippen LogP contribution in [0.2, 0.25) is 0 Å². The van der Waals surface area contributed by atoms with Gasteiger partial charge in [0.15, 0.2) is 0 Å². The third-order valence-corrected chi connectivity index (χ3v) is 2.09. The molecule has 0 bridgehead atoms. The Bertz CT molecular complexity index is 314. The molecule has 0 radical (unpaired) electrons. The number of hydrogen-bond acceptors (Lipinski definition) is 4. The smallest absolute Gasteiger partial charge is 0.310 e. The van der Waals surface area contributed by atoms with E-state index in [4.69, 9.17) is 14.9 Å². The summed E-state index contributed by atoms with van der Waals surface area (Å²) in [6.45, 7) is 6.33. The van der Waals surface area contributed by atoms with Gasteiger partial charge in [-0.1, -0.05) is 6.92 Å². The van der Waals surface area contributed by atoms with E-state index in [1.165, 1.54) is 6.92 Å². The van der Waals surface area contributed by atoms with E-state index in [-0.39, 0.29) is 0 Å². The summed E-state index contributed by atoms with van der Waals surface area (Å²) in [6, 6.07) is 0. The Morgan fingerprint density at radius 1 is 1.18 bits per heavy atom. The summed E-state index contributed by atoms with van der Waals surface area (Å²) in [7, 11) is 0. The molecule has 0 aromatic carbocycles. The van der Waals surface area contributed by atoms with E-state index in [0.29, 0.717) is 0 Å². The molecule has 2 atom stereocenters. The van der Waals surface area contributed by atoms with Gasteiger partial charge in [-0.05, 0) is 20.8 Å². The normalized spacial score (nSPS) is 14.8. The second-order valence-electron chi connectivity index (χ2n) is 4.86. The first-order chi connectivity index (χ1) is 7.54. The highest BCUT2D eigenvalue weighted by molar-refractivity contribution is 5.84. The molecule has 0 aliphatic carbocycles. The van der Waals surface area contributed by atoms with E-state index in [9.17, 15) is 14.4 Å². The topological polar surface area (TPSA) is 101 Å². The number of carboxylic acids is 2. The van der Waals surface area contributed by atoms with Gasteiger partial charge in [0.2, 0.25) is 0 Å². The molecule has 0 fully saturated rings. The number of carboxylic acid groups (broad SMARTS) is 2. The van der Waals surface area contributed by atoms with Crippen LogP contribution in [0.25, 0.3) is 0 Å². The predicted octanol–water partition coefficient (Wildman–Crippen LogP) is 1.14. The van der Waals surface area contributed by atoms with Gasteiger partial charge in [-0.15, -0.1) is 0 Å². The molecule has 0 heterocycles. The number of hydrogen-bond donors (Lipinski definition) is 2. The van der Waals surface area contributed by atoms with Gasteiger partial charge >= 0.3 is 17.9 Å². The first-order valence-electron chi connectivity index (χ1n) is 5.22. The fourth-order valence-corrected chi connectivity index (χ4v) is 1.23. The number of rotatable bonds is 5. The first-order valence-corrected chi connectivity index (χ1v) is 5.22. The highest BCUT2D eigenvalue weighted by Gasteiger charge is 2.34. The predicted molar refractivity (Wildman–Crippen MR) is 58.4 cm³/mol. The molecular weight excluding hydrogens is 228 g/mol.